The summed E-state index contributed by atoms with van der Waals surface area (Å²) in [6, 6.07) is 1.52. The Morgan fingerprint density at radius 1 is 1.50 bits per heavy atom. The van der Waals surface area contributed by atoms with Crippen molar-refractivity contribution in [1.29, 1.82) is 0 Å². The molecule has 0 spiro atoms. The molecule has 5 heteroatoms. The molecule has 1 aliphatic rings. The van der Waals surface area contributed by atoms with Gasteiger partial charge in [-0.25, -0.2) is 0 Å². The SMILES string of the molecule is CNC(=O)c1c(O)cc2n(c1=O)CCCC2. The van der Waals surface area contributed by atoms with E-state index >= 15 is 0 Å². The lowest BCUT2D eigenvalue weighted by atomic mass is 10.1. The average Bonchev–Trinajstić information content (AvgIpc) is 2.28. The lowest BCUT2D eigenvalue weighted by Gasteiger charge is -2.19. The summed E-state index contributed by atoms with van der Waals surface area (Å²) in [5, 5.41) is 12.0. The number of rotatable bonds is 1. The third kappa shape index (κ3) is 1.58. The lowest BCUT2D eigenvalue weighted by Crippen LogP contribution is -2.34. The number of pyridine rings is 1. The molecule has 16 heavy (non-hydrogen) atoms. The van der Waals surface area contributed by atoms with Crippen LogP contribution in [0.5, 0.6) is 5.75 Å². The van der Waals surface area contributed by atoms with Gasteiger partial charge in [-0.15, -0.1) is 0 Å². The first-order valence-electron chi connectivity index (χ1n) is 5.33. The van der Waals surface area contributed by atoms with Crippen LogP contribution in [0, 0.1) is 0 Å². The zero-order valence-corrected chi connectivity index (χ0v) is 9.12. The van der Waals surface area contributed by atoms with Gasteiger partial charge in [0, 0.05) is 25.4 Å². The quantitative estimate of drug-likeness (QED) is 0.715. The number of nitrogens with one attached hydrogen (secondary N) is 1. The van der Waals surface area contributed by atoms with Crippen LogP contribution in [0.1, 0.15) is 28.9 Å². The van der Waals surface area contributed by atoms with Crippen molar-refractivity contribution >= 4 is 5.91 Å². The van der Waals surface area contributed by atoms with Crippen molar-refractivity contribution in [2.45, 2.75) is 25.8 Å². The number of aryl methyl sites for hydroxylation is 1. The van der Waals surface area contributed by atoms with Gasteiger partial charge in [-0.3, -0.25) is 9.59 Å². The molecule has 86 valence electrons. The Morgan fingerprint density at radius 2 is 2.25 bits per heavy atom. The monoisotopic (exact) mass is 222 g/mol. The van der Waals surface area contributed by atoms with Gasteiger partial charge in [-0.2, -0.15) is 0 Å². The topological polar surface area (TPSA) is 71.3 Å². The maximum atomic E-state index is 12.0. The van der Waals surface area contributed by atoms with Crippen molar-refractivity contribution in [2.24, 2.45) is 0 Å². The minimum absolute atomic E-state index is 0.159. The molecule has 0 bridgehead atoms. The predicted octanol–water partition coefficient (Wildman–Crippen LogP) is 0.250. The molecule has 1 aromatic rings. The van der Waals surface area contributed by atoms with Gasteiger partial charge >= 0.3 is 0 Å². The first kappa shape index (κ1) is 10.7. The van der Waals surface area contributed by atoms with Gasteiger partial charge in [0.05, 0.1) is 0 Å². The number of amides is 1. The first-order chi connectivity index (χ1) is 7.65. The van der Waals surface area contributed by atoms with Crippen LogP contribution in [0.3, 0.4) is 0 Å². The molecule has 0 saturated heterocycles. The molecule has 1 amide bonds. The van der Waals surface area contributed by atoms with Crippen LogP contribution >= 0.6 is 0 Å². The number of hydrogen-bond acceptors (Lipinski definition) is 3. The summed E-state index contributed by atoms with van der Waals surface area (Å²) in [6.45, 7) is 0.623. The Balaban J connectivity index is 2.63. The highest BCUT2D eigenvalue weighted by Crippen LogP contribution is 2.19. The maximum absolute atomic E-state index is 12.0. The predicted molar refractivity (Wildman–Crippen MR) is 58.7 cm³/mol. The van der Waals surface area contributed by atoms with E-state index in [2.05, 4.69) is 5.32 Å². The summed E-state index contributed by atoms with van der Waals surface area (Å²) in [7, 11) is 1.44. The van der Waals surface area contributed by atoms with Crippen LogP contribution < -0.4 is 10.9 Å². The van der Waals surface area contributed by atoms with Crippen LogP contribution in [0.4, 0.5) is 0 Å². The van der Waals surface area contributed by atoms with E-state index < -0.39 is 11.5 Å². The van der Waals surface area contributed by atoms with Gasteiger partial charge in [0.2, 0.25) is 0 Å². The van der Waals surface area contributed by atoms with E-state index in [0.717, 1.165) is 25.0 Å². The van der Waals surface area contributed by atoms with Crippen molar-refractivity contribution in [3.8, 4) is 5.75 Å². The summed E-state index contributed by atoms with van der Waals surface area (Å²) in [5.41, 5.74) is 0.253. The molecule has 0 aliphatic carbocycles. The van der Waals surface area contributed by atoms with Crippen LogP contribution in [0.15, 0.2) is 10.9 Å². The van der Waals surface area contributed by atoms with Crippen LogP contribution in [0.2, 0.25) is 0 Å². The smallest absolute Gasteiger partial charge is 0.267 e. The zero-order valence-electron chi connectivity index (χ0n) is 9.12. The summed E-state index contributed by atoms with van der Waals surface area (Å²) >= 11 is 0. The molecule has 1 aromatic heterocycles. The van der Waals surface area contributed by atoms with Crippen LogP contribution in [0.25, 0.3) is 0 Å². The van der Waals surface area contributed by atoms with E-state index in [1.165, 1.54) is 13.1 Å². The Morgan fingerprint density at radius 3 is 2.94 bits per heavy atom. The Labute approximate surface area is 92.7 Å². The minimum atomic E-state index is -0.539. The van der Waals surface area contributed by atoms with Gasteiger partial charge in [0.15, 0.2) is 0 Å². The van der Waals surface area contributed by atoms with E-state index in [0.29, 0.717) is 6.54 Å². The highest BCUT2D eigenvalue weighted by Gasteiger charge is 2.20. The number of hydrogen-bond donors (Lipinski definition) is 2. The van der Waals surface area contributed by atoms with Crippen LogP contribution in [-0.2, 0) is 13.0 Å². The van der Waals surface area contributed by atoms with Gasteiger partial charge in [-0.05, 0) is 19.3 Å². The Kier molecular flexibility index (Phi) is 2.68. The Hall–Kier alpha value is -1.78. The van der Waals surface area contributed by atoms with Gasteiger partial charge < -0.3 is 15.0 Å². The second kappa shape index (κ2) is 4.00. The molecule has 2 heterocycles. The van der Waals surface area contributed by atoms with Gasteiger partial charge in [-0.1, -0.05) is 0 Å². The molecule has 5 nitrogen and oxygen atoms in total. The van der Waals surface area contributed by atoms with Crippen molar-refractivity contribution in [3.63, 3.8) is 0 Å². The third-order valence-corrected chi connectivity index (χ3v) is 2.88. The molecule has 0 atom stereocenters. The Bertz CT molecular complexity index is 491. The lowest BCUT2D eigenvalue weighted by molar-refractivity contribution is 0.0958. The highest BCUT2D eigenvalue weighted by molar-refractivity contribution is 5.96. The number of aromatic hydroxyl groups is 1. The van der Waals surface area contributed by atoms with E-state index in [1.54, 1.807) is 4.57 Å². The summed E-state index contributed by atoms with van der Waals surface area (Å²) in [4.78, 5) is 23.4. The fourth-order valence-corrected chi connectivity index (χ4v) is 2.05. The molecule has 0 aromatic carbocycles. The third-order valence-electron chi connectivity index (χ3n) is 2.88. The van der Waals surface area contributed by atoms with E-state index in [-0.39, 0.29) is 11.3 Å². The molecule has 0 radical (unpaired) electrons. The minimum Gasteiger partial charge on any atom is -0.507 e. The summed E-state index contributed by atoms with van der Waals surface area (Å²) in [5.74, 6) is -0.763. The van der Waals surface area contributed by atoms with Gasteiger partial charge in [0.25, 0.3) is 11.5 Å². The standard InChI is InChI=1S/C11H14N2O3/c1-12-10(15)9-8(14)6-7-4-2-3-5-13(7)11(9)16/h6,14H,2-5H2,1H3,(H,12,15). The molecule has 1 aliphatic heterocycles. The fraction of sp³-hybridized carbons (Fsp3) is 0.455. The van der Waals surface area contributed by atoms with Crippen molar-refractivity contribution < 1.29 is 9.90 Å². The zero-order chi connectivity index (χ0) is 11.7. The molecule has 2 N–H and O–H groups in total. The molecular weight excluding hydrogens is 208 g/mol. The largest absolute Gasteiger partial charge is 0.507 e. The number of carbonyl (C=O) groups is 1. The maximum Gasteiger partial charge on any atom is 0.267 e. The molecule has 0 fully saturated rings. The molecule has 0 unspecified atom stereocenters. The van der Waals surface area contributed by atoms with Crippen molar-refractivity contribution in [2.75, 3.05) is 7.05 Å². The first-order valence-corrected chi connectivity index (χ1v) is 5.33. The van der Waals surface area contributed by atoms with Crippen molar-refractivity contribution in [3.05, 3.63) is 27.7 Å². The molecule has 2 rings (SSSR count). The number of carbonyl (C=O) groups excluding carboxylic acids is 1. The molecular formula is C11H14N2O3. The second-order valence-corrected chi connectivity index (χ2v) is 3.89. The summed E-state index contributed by atoms with van der Waals surface area (Å²) < 4.78 is 1.58. The van der Waals surface area contributed by atoms with Crippen molar-refractivity contribution in [1.82, 2.24) is 9.88 Å². The fourth-order valence-electron chi connectivity index (χ4n) is 2.05. The average molecular weight is 222 g/mol. The van der Waals surface area contributed by atoms with E-state index in [4.69, 9.17) is 0 Å². The summed E-state index contributed by atoms with van der Waals surface area (Å²) in [6.07, 6.45) is 2.72. The number of fused-ring (bicyclic) bond motifs is 1. The van der Waals surface area contributed by atoms with E-state index in [1.807, 2.05) is 0 Å². The number of aromatic nitrogens is 1. The van der Waals surface area contributed by atoms with E-state index in [9.17, 15) is 14.7 Å². The normalized spacial score (nSPS) is 14.3. The second-order valence-electron chi connectivity index (χ2n) is 3.89. The van der Waals surface area contributed by atoms with Gasteiger partial charge in [0.1, 0.15) is 11.3 Å². The number of nitrogens with zero attached hydrogens (tertiary/aromatic N) is 1. The van der Waals surface area contributed by atoms with Crippen LogP contribution in [-0.4, -0.2) is 22.6 Å². The highest BCUT2D eigenvalue weighted by atomic mass is 16.3. The molecule has 0 saturated carbocycles.